The normalized spacial score (nSPS) is 13.6. The van der Waals surface area contributed by atoms with Crippen LogP contribution in [-0.4, -0.2) is 26.2 Å². The lowest BCUT2D eigenvalue weighted by molar-refractivity contribution is 0.106. The summed E-state index contributed by atoms with van der Waals surface area (Å²) in [5.74, 6) is 0.609. The third-order valence-electron chi connectivity index (χ3n) is 2.62. The topological polar surface area (TPSA) is 59.6 Å². The molecule has 0 spiro atoms. The van der Waals surface area contributed by atoms with E-state index in [0.29, 0.717) is 25.0 Å². The molecule has 1 rings (SSSR count). The lowest BCUT2D eigenvalue weighted by Gasteiger charge is -2.17. The maximum absolute atomic E-state index is 12.8. The van der Waals surface area contributed by atoms with E-state index in [4.69, 9.17) is 10.5 Å². The highest BCUT2D eigenvalue weighted by atomic mass is 19.1. The number of ether oxygens (including phenoxy) is 1. The standard InChI is InChI=1S/C14H22FN3O/c1-10(2)8-17-14(16)18-9-13(19-3)11-4-6-12(15)7-5-11/h4-7,10,13H,8-9H2,1-3H3,(H3,16,17,18). The number of methoxy groups -OCH3 is 1. The molecule has 1 aromatic carbocycles. The number of rotatable bonds is 6. The quantitative estimate of drug-likeness (QED) is 0.613. The van der Waals surface area contributed by atoms with Gasteiger partial charge in [-0.15, -0.1) is 0 Å². The highest BCUT2D eigenvalue weighted by molar-refractivity contribution is 5.77. The molecule has 0 aliphatic rings. The molecule has 5 heteroatoms. The molecule has 0 fully saturated rings. The van der Waals surface area contributed by atoms with E-state index in [1.807, 2.05) is 0 Å². The van der Waals surface area contributed by atoms with Crippen molar-refractivity contribution in [1.29, 1.82) is 0 Å². The molecule has 0 aromatic heterocycles. The van der Waals surface area contributed by atoms with Gasteiger partial charge in [-0.1, -0.05) is 26.0 Å². The molecule has 0 amide bonds. The number of nitrogens with one attached hydrogen (secondary N) is 1. The van der Waals surface area contributed by atoms with Crippen molar-refractivity contribution in [2.45, 2.75) is 20.0 Å². The molecule has 4 nitrogen and oxygen atoms in total. The third-order valence-corrected chi connectivity index (χ3v) is 2.62. The summed E-state index contributed by atoms with van der Waals surface area (Å²) in [5.41, 5.74) is 6.65. The van der Waals surface area contributed by atoms with Gasteiger partial charge in [0.25, 0.3) is 0 Å². The van der Waals surface area contributed by atoms with Crippen molar-refractivity contribution in [2.24, 2.45) is 16.6 Å². The minimum absolute atomic E-state index is 0.187. The van der Waals surface area contributed by atoms with E-state index >= 15 is 0 Å². The number of halogens is 1. The van der Waals surface area contributed by atoms with Gasteiger partial charge in [0.2, 0.25) is 0 Å². The van der Waals surface area contributed by atoms with Crippen LogP contribution < -0.4 is 11.1 Å². The van der Waals surface area contributed by atoms with Gasteiger partial charge in [0, 0.05) is 20.2 Å². The van der Waals surface area contributed by atoms with Crippen LogP contribution in [0.4, 0.5) is 4.39 Å². The first-order chi connectivity index (χ1) is 9.02. The van der Waals surface area contributed by atoms with Gasteiger partial charge < -0.3 is 15.8 Å². The largest absolute Gasteiger partial charge is 0.375 e. The summed E-state index contributed by atoms with van der Waals surface area (Å²) < 4.78 is 18.2. The van der Waals surface area contributed by atoms with Crippen molar-refractivity contribution in [1.82, 2.24) is 5.32 Å². The summed E-state index contributed by atoms with van der Waals surface area (Å²) in [7, 11) is 1.61. The zero-order valence-corrected chi connectivity index (χ0v) is 11.7. The smallest absolute Gasteiger partial charge is 0.188 e. The fraction of sp³-hybridized carbons (Fsp3) is 0.500. The molecular formula is C14H22FN3O. The van der Waals surface area contributed by atoms with E-state index in [1.54, 1.807) is 19.2 Å². The van der Waals surface area contributed by atoms with Crippen LogP contribution in [0, 0.1) is 11.7 Å². The lowest BCUT2D eigenvalue weighted by Crippen LogP contribution is -2.35. The molecule has 19 heavy (non-hydrogen) atoms. The third kappa shape index (κ3) is 5.70. The van der Waals surface area contributed by atoms with Crippen LogP contribution in [0.25, 0.3) is 0 Å². The number of aliphatic imine (C=N–C) groups is 1. The fourth-order valence-corrected chi connectivity index (χ4v) is 1.55. The van der Waals surface area contributed by atoms with Gasteiger partial charge >= 0.3 is 0 Å². The second-order valence-electron chi connectivity index (χ2n) is 4.78. The summed E-state index contributed by atoms with van der Waals surface area (Å²) >= 11 is 0. The van der Waals surface area contributed by atoms with Crippen molar-refractivity contribution >= 4 is 5.96 Å². The predicted octanol–water partition coefficient (Wildman–Crippen LogP) is 2.07. The SMILES string of the molecule is COC(CNC(N)=NCC(C)C)c1ccc(F)cc1. The maximum atomic E-state index is 12.8. The van der Waals surface area contributed by atoms with Crippen LogP contribution in [0.2, 0.25) is 0 Å². The van der Waals surface area contributed by atoms with E-state index in [-0.39, 0.29) is 11.9 Å². The number of guanidine groups is 1. The number of hydrogen-bond acceptors (Lipinski definition) is 2. The molecule has 106 valence electrons. The zero-order valence-electron chi connectivity index (χ0n) is 11.7. The Morgan fingerprint density at radius 3 is 2.53 bits per heavy atom. The Morgan fingerprint density at radius 2 is 2.00 bits per heavy atom. The Morgan fingerprint density at radius 1 is 1.37 bits per heavy atom. The van der Waals surface area contributed by atoms with Crippen LogP contribution in [0.5, 0.6) is 0 Å². The summed E-state index contributed by atoms with van der Waals surface area (Å²) in [4.78, 5) is 4.21. The zero-order chi connectivity index (χ0) is 14.3. The number of nitrogens with two attached hydrogens (primary N) is 1. The molecule has 3 N–H and O–H groups in total. The minimum atomic E-state index is -0.260. The molecule has 1 unspecified atom stereocenters. The average Bonchev–Trinajstić information content (AvgIpc) is 2.39. The minimum Gasteiger partial charge on any atom is -0.375 e. The molecule has 0 aliphatic heterocycles. The molecular weight excluding hydrogens is 245 g/mol. The van der Waals surface area contributed by atoms with Crippen LogP contribution in [0.1, 0.15) is 25.5 Å². The summed E-state index contributed by atoms with van der Waals surface area (Å²) in [5, 5.41) is 3.01. The second-order valence-corrected chi connectivity index (χ2v) is 4.78. The number of hydrogen-bond donors (Lipinski definition) is 2. The van der Waals surface area contributed by atoms with E-state index in [0.717, 1.165) is 5.56 Å². The Hall–Kier alpha value is -1.62. The fourth-order valence-electron chi connectivity index (χ4n) is 1.55. The first-order valence-corrected chi connectivity index (χ1v) is 6.35. The van der Waals surface area contributed by atoms with Gasteiger partial charge in [0.15, 0.2) is 5.96 Å². The van der Waals surface area contributed by atoms with Gasteiger partial charge in [-0.25, -0.2) is 4.39 Å². The van der Waals surface area contributed by atoms with E-state index in [9.17, 15) is 4.39 Å². The molecule has 0 saturated heterocycles. The summed E-state index contributed by atoms with van der Waals surface area (Å²) in [6.07, 6.45) is -0.187. The van der Waals surface area contributed by atoms with Gasteiger partial charge in [0.1, 0.15) is 5.82 Å². The summed E-state index contributed by atoms with van der Waals surface area (Å²) in [6, 6.07) is 6.23. The van der Waals surface area contributed by atoms with Crippen LogP contribution in [0.15, 0.2) is 29.3 Å². The lowest BCUT2D eigenvalue weighted by atomic mass is 10.1. The molecule has 1 atom stereocenters. The number of benzene rings is 1. The van der Waals surface area contributed by atoms with E-state index in [1.165, 1.54) is 12.1 Å². The van der Waals surface area contributed by atoms with E-state index < -0.39 is 0 Å². The number of nitrogens with zero attached hydrogens (tertiary/aromatic N) is 1. The van der Waals surface area contributed by atoms with Crippen molar-refractivity contribution in [3.63, 3.8) is 0 Å². The molecule has 1 aromatic rings. The Kier molecular flexibility index (Phi) is 6.29. The highest BCUT2D eigenvalue weighted by Gasteiger charge is 2.10. The van der Waals surface area contributed by atoms with Crippen LogP contribution >= 0.6 is 0 Å². The highest BCUT2D eigenvalue weighted by Crippen LogP contribution is 2.15. The predicted molar refractivity (Wildman–Crippen MR) is 75.5 cm³/mol. The van der Waals surface area contributed by atoms with Gasteiger partial charge in [-0.2, -0.15) is 0 Å². The molecule has 0 heterocycles. The Balaban J connectivity index is 2.53. The second kappa shape index (κ2) is 7.74. The van der Waals surface area contributed by atoms with Gasteiger partial charge in [-0.05, 0) is 23.6 Å². The van der Waals surface area contributed by atoms with Gasteiger partial charge in [0.05, 0.1) is 6.10 Å². The summed E-state index contributed by atoms with van der Waals surface area (Å²) in [6.45, 7) is 5.34. The van der Waals surface area contributed by atoms with E-state index in [2.05, 4.69) is 24.2 Å². The monoisotopic (exact) mass is 267 g/mol. The van der Waals surface area contributed by atoms with Crippen molar-refractivity contribution in [3.05, 3.63) is 35.6 Å². The van der Waals surface area contributed by atoms with Crippen LogP contribution in [0.3, 0.4) is 0 Å². The Bertz CT molecular complexity index is 404. The first kappa shape index (κ1) is 15.4. The van der Waals surface area contributed by atoms with Crippen molar-refractivity contribution in [2.75, 3.05) is 20.2 Å². The van der Waals surface area contributed by atoms with Crippen LogP contribution in [-0.2, 0) is 4.74 Å². The average molecular weight is 267 g/mol. The molecule has 0 bridgehead atoms. The molecule has 0 aliphatic carbocycles. The van der Waals surface area contributed by atoms with Crippen molar-refractivity contribution < 1.29 is 9.13 Å². The first-order valence-electron chi connectivity index (χ1n) is 6.35. The molecule has 0 radical (unpaired) electrons. The Labute approximate surface area is 113 Å². The molecule has 0 saturated carbocycles. The van der Waals surface area contributed by atoms with Crippen molar-refractivity contribution in [3.8, 4) is 0 Å². The maximum Gasteiger partial charge on any atom is 0.188 e. The van der Waals surface area contributed by atoms with Gasteiger partial charge in [-0.3, -0.25) is 4.99 Å².